The fraction of sp³-hybridized carbons (Fsp3) is 0.567. The molecule has 1 aromatic heterocycles. The molecule has 1 aliphatic heterocycles. The minimum Gasteiger partial charge on any atom is -0.495 e. The van der Waals surface area contributed by atoms with Gasteiger partial charge in [-0.2, -0.15) is 4.80 Å². The molecule has 14 nitrogen and oxygen atoms in total. The van der Waals surface area contributed by atoms with E-state index in [9.17, 15) is 24.3 Å². The van der Waals surface area contributed by atoms with Gasteiger partial charge in [-0.25, -0.2) is 9.59 Å². The monoisotopic (exact) mass is 645 g/mol. The first kappa shape index (κ1) is 33.7. The van der Waals surface area contributed by atoms with Crippen LogP contribution < -0.4 is 15.4 Å². The number of tetrazole rings is 1. The quantitative estimate of drug-likeness (QED) is 0.343. The molecule has 1 aromatic carbocycles. The normalized spacial score (nSPS) is 23.6. The van der Waals surface area contributed by atoms with Crippen LogP contribution >= 0.6 is 11.6 Å². The van der Waals surface area contributed by atoms with E-state index in [2.05, 4.69) is 32.6 Å². The zero-order valence-corrected chi connectivity index (χ0v) is 27.2. The maximum Gasteiger partial charge on any atom is 0.408 e. The highest BCUT2D eigenvalue weighted by Gasteiger charge is 2.61. The van der Waals surface area contributed by atoms with Crippen LogP contribution in [0.15, 0.2) is 30.9 Å². The third-order valence-electron chi connectivity index (χ3n) is 7.83. The van der Waals surface area contributed by atoms with Gasteiger partial charge in [0.1, 0.15) is 29.0 Å². The first-order valence-corrected chi connectivity index (χ1v) is 14.9. The van der Waals surface area contributed by atoms with Gasteiger partial charge in [0.2, 0.25) is 17.6 Å². The number of rotatable bonds is 9. The van der Waals surface area contributed by atoms with E-state index in [4.69, 9.17) is 21.1 Å². The first-order chi connectivity index (χ1) is 20.9. The zero-order chi connectivity index (χ0) is 33.5. The number of nitrogens with one attached hydrogen (secondary N) is 2. The van der Waals surface area contributed by atoms with E-state index in [1.807, 2.05) is 0 Å². The molecule has 2 aliphatic rings. The summed E-state index contributed by atoms with van der Waals surface area (Å²) in [7, 11) is 1.50. The number of hydrogen-bond donors (Lipinski definition) is 3. The highest BCUT2D eigenvalue weighted by molar-refractivity contribution is 6.32. The fourth-order valence-electron chi connectivity index (χ4n) is 5.33. The number of carbonyl (C=O) groups excluding carboxylic acids is 3. The van der Waals surface area contributed by atoms with Crippen LogP contribution in [0.25, 0.3) is 11.4 Å². The topological polar surface area (TPSA) is 178 Å². The van der Waals surface area contributed by atoms with E-state index in [1.165, 1.54) is 22.9 Å². The predicted molar refractivity (Wildman–Crippen MR) is 163 cm³/mol. The van der Waals surface area contributed by atoms with E-state index in [1.54, 1.807) is 59.7 Å². The van der Waals surface area contributed by atoms with E-state index < -0.39 is 64.5 Å². The van der Waals surface area contributed by atoms with Crippen molar-refractivity contribution in [3.05, 3.63) is 35.9 Å². The number of aliphatic carboxylic acids is 1. The summed E-state index contributed by atoms with van der Waals surface area (Å²) in [5.41, 5.74) is -2.52. The Bertz CT molecular complexity index is 1500. The van der Waals surface area contributed by atoms with Gasteiger partial charge in [0.25, 0.3) is 0 Å². The third-order valence-corrected chi connectivity index (χ3v) is 8.13. The van der Waals surface area contributed by atoms with E-state index >= 15 is 0 Å². The van der Waals surface area contributed by atoms with E-state index in [0.717, 1.165) is 0 Å². The minimum atomic E-state index is -1.50. The average Bonchev–Trinajstić information content (AvgIpc) is 3.24. The fourth-order valence-corrected chi connectivity index (χ4v) is 5.59. The number of nitrogens with zero attached hydrogens (tertiary/aromatic N) is 5. The predicted octanol–water partition coefficient (Wildman–Crippen LogP) is 3.23. The number of halogens is 1. The summed E-state index contributed by atoms with van der Waals surface area (Å²) in [5.74, 6) is -2.08. The molecule has 2 aromatic rings. The average molecular weight is 646 g/mol. The SMILES string of the molecule is C=CC1CC1(NC(=O)C1CC(n2nnc(-c3ccc(OC)c(Cl)c3)n2)CN1C(=O)C(NC(=O)OC(C)(C)C)C(C)(C)C)C(=O)O. The van der Waals surface area contributed by atoms with Gasteiger partial charge in [0.15, 0.2) is 0 Å². The molecule has 1 aliphatic carbocycles. The number of carbonyl (C=O) groups is 4. The molecule has 0 bridgehead atoms. The molecule has 0 spiro atoms. The molecule has 5 atom stereocenters. The lowest BCUT2D eigenvalue weighted by Crippen LogP contribution is -2.59. The number of ether oxygens (including phenoxy) is 2. The minimum absolute atomic E-state index is 0.0103. The lowest BCUT2D eigenvalue weighted by atomic mass is 9.85. The summed E-state index contributed by atoms with van der Waals surface area (Å²) in [6.07, 6.45) is 0.950. The Kier molecular flexibility index (Phi) is 9.21. The Morgan fingerprint density at radius 2 is 1.89 bits per heavy atom. The van der Waals surface area contributed by atoms with Crippen LogP contribution in [-0.2, 0) is 19.1 Å². The largest absolute Gasteiger partial charge is 0.495 e. The lowest BCUT2D eigenvalue weighted by molar-refractivity contribution is -0.146. The van der Waals surface area contributed by atoms with Gasteiger partial charge in [-0.1, -0.05) is 38.4 Å². The summed E-state index contributed by atoms with van der Waals surface area (Å²) in [5, 5.41) is 28.4. The maximum atomic E-state index is 14.2. The number of benzene rings is 1. The van der Waals surface area contributed by atoms with Crippen molar-refractivity contribution in [1.82, 2.24) is 35.7 Å². The molecule has 2 fully saturated rings. The Hall–Kier alpha value is -4.20. The van der Waals surface area contributed by atoms with Crippen LogP contribution in [0, 0.1) is 11.3 Å². The molecule has 0 radical (unpaired) electrons. The van der Waals surface area contributed by atoms with Crippen molar-refractivity contribution in [2.75, 3.05) is 13.7 Å². The molecular formula is C30H40ClN7O7. The Labute approximate surface area is 266 Å². The van der Waals surface area contributed by atoms with Gasteiger partial charge < -0.3 is 30.1 Å². The molecule has 5 unspecified atom stereocenters. The molecule has 1 saturated heterocycles. The Balaban J connectivity index is 1.65. The van der Waals surface area contributed by atoms with Crippen molar-refractivity contribution in [3.63, 3.8) is 0 Å². The summed E-state index contributed by atoms with van der Waals surface area (Å²) in [6, 6.07) is 2.25. The Morgan fingerprint density at radius 3 is 2.42 bits per heavy atom. The number of likely N-dealkylation sites (tertiary alicyclic amines) is 1. The van der Waals surface area contributed by atoms with Crippen LogP contribution in [0.4, 0.5) is 4.79 Å². The molecule has 1 saturated carbocycles. The van der Waals surface area contributed by atoms with Gasteiger partial charge in [0, 0.05) is 24.4 Å². The molecule has 244 valence electrons. The Morgan fingerprint density at radius 1 is 1.20 bits per heavy atom. The van der Waals surface area contributed by atoms with Gasteiger partial charge in [-0.3, -0.25) is 9.59 Å². The maximum absolute atomic E-state index is 14.2. The molecule has 15 heteroatoms. The highest BCUT2D eigenvalue weighted by Crippen LogP contribution is 2.45. The van der Waals surface area contributed by atoms with Gasteiger partial charge in [0.05, 0.1) is 18.2 Å². The van der Waals surface area contributed by atoms with Gasteiger partial charge in [-0.15, -0.1) is 16.8 Å². The number of aromatic nitrogens is 4. The molecule has 2 heterocycles. The van der Waals surface area contributed by atoms with Crippen molar-refractivity contribution in [1.29, 1.82) is 0 Å². The first-order valence-electron chi connectivity index (χ1n) is 14.5. The molecule has 4 rings (SSSR count). The van der Waals surface area contributed by atoms with Crippen LogP contribution in [0.2, 0.25) is 5.02 Å². The van der Waals surface area contributed by atoms with Crippen LogP contribution in [0.1, 0.15) is 60.4 Å². The number of methoxy groups -OCH3 is 1. The van der Waals surface area contributed by atoms with E-state index in [-0.39, 0.29) is 25.2 Å². The summed E-state index contributed by atoms with van der Waals surface area (Å²) >= 11 is 6.28. The van der Waals surface area contributed by atoms with Crippen LogP contribution in [0.3, 0.4) is 0 Å². The van der Waals surface area contributed by atoms with Gasteiger partial charge >= 0.3 is 12.1 Å². The molecule has 45 heavy (non-hydrogen) atoms. The number of carboxylic acid groups (broad SMARTS) is 1. The van der Waals surface area contributed by atoms with Crippen molar-refractivity contribution in [2.45, 2.75) is 83.6 Å². The third kappa shape index (κ3) is 7.21. The second kappa shape index (κ2) is 12.3. The van der Waals surface area contributed by atoms with Crippen LogP contribution in [0.5, 0.6) is 5.75 Å². The lowest BCUT2D eigenvalue weighted by Gasteiger charge is -2.36. The number of alkyl carbamates (subject to hydrolysis) is 1. The van der Waals surface area contributed by atoms with Crippen molar-refractivity contribution < 1.29 is 33.8 Å². The van der Waals surface area contributed by atoms with Crippen molar-refractivity contribution in [2.24, 2.45) is 11.3 Å². The van der Waals surface area contributed by atoms with Crippen molar-refractivity contribution in [3.8, 4) is 17.1 Å². The highest BCUT2D eigenvalue weighted by atomic mass is 35.5. The summed E-state index contributed by atoms with van der Waals surface area (Å²) in [6.45, 7) is 14.1. The number of amides is 3. The molecular weight excluding hydrogens is 606 g/mol. The summed E-state index contributed by atoms with van der Waals surface area (Å²) < 4.78 is 10.6. The number of hydrogen-bond acceptors (Lipinski definition) is 9. The second-order valence-electron chi connectivity index (χ2n) is 13.4. The van der Waals surface area contributed by atoms with Gasteiger partial charge in [-0.05, 0) is 56.0 Å². The van der Waals surface area contributed by atoms with E-state index in [0.29, 0.717) is 16.3 Å². The zero-order valence-electron chi connectivity index (χ0n) is 26.5. The van der Waals surface area contributed by atoms with Crippen molar-refractivity contribution >= 4 is 35.5 Å². The molecule has 3 N–H and O–H groups in total. The second-order valence-corrected chi connectivity index (χ2v) is 13.8. The molecule has 3 amide bonds. The standard InChI is InChI=1S/C30H40ClN7O7/c1-9-17-14-30(17,26(41)42)33-24(39)20-13-18(38-35-23(34-36-38)16-10-11-21(44-8)19(31)12-16)15-37(20)25(40)22(28(2,3)4)32-27(43)45-29(5,6)7/h9-12,17-18,20,22H,1,13-15H2,2-8H3,(H,32,43)(H,33,39)(H,41,42). The van der Waals surface area contributed by atoms with Crippen LogP contribution in [-0.4, -0.2) is 91.0 Å². The smallest absolute Gasteiger partial charge is 0.408 e. The number of carboxylic acids is 1. The summed E-state index contributed by atoms with van der Waals surface area (Å²) in [4.78, 5) is 55.5.